The highest BCUT2D eigenvalue weighted by atomic mass is 16.1. The van der Waals surface area contributed by atoms with E-state index in [4.69, 9.17) is 0 Å². The molecule has 3 aromatic rings. The highest BCUT2D eigenvalue weighted by molar-refractivity contribution is 6.03. The van der Waals surface area contributed by atoms with Gasteiger partial charge in [0.15, 0.2) is 11.6 Å². The van der Waals surface area contributed by atoms with Crippen LogP contribution in [-0.4, -0.2) is 47.3 Å². The first kappa shape index (κ1) is 17.9. The van der Waals surface area contributed by atoms with Crippen molar-refractivity contribution in [3.63, 3.8) is 0 Å². The number of pyridine rings is 1. The smallest absolute Gasteiger partial charge is 0.256 e. The van der Waals surface area contributed by atoms with Gasteiger partial charge in [0.2, 0.25) is 0 Å². The predicted molar refractivity (Wildman–Crippen MR) is 110 cm³/mol. The van der Waals surface area contributed by atoms with Crippen molar-refractivity contribution in [2.75, 3.05) is 41.3 Å². The number of anilines is 3. The Bertz CT molecular complexity index is 937. The quantitative estimate of drug-likeness (QED) is 0.757. The molecule has 0 atom stereocenters. The lowest BCUT2D eigenvalue weighted by Gasteiger charge is -2.35. The van der Waals surface area contributed by atoms with Crippen LogP contribution in [0.3, 0.4) is 0 Å². The van der Waals surface area contributed by atoms with E-state index in [0.717, 1.165) is 43.4 Å². The highest BCUT2D eigenvalue weighted by Gasteiger charge is 2.19. The monoisotopic (exact) mass is 374 g/mol. The molecule has 7 nitrogen and oxygen atoms in total. The zero-order chi connectivity index (χ0) is 19.3. The van der Waals surface area contributed by atoms with Gasteiger partial charge in [-0.3, -0.25) is 4.79 Å². The van der Waals surface area contributed by atoms with Crippen LogP contribution in [0.4, 0.5) is 17.5 Å². The van der Waals surface area contributed by atoms with Crippen LogP contribution in [0, 0.1) is 6.92 Å². The first-order valence-corrected chi connectivity index (χ1v) is 9.32. The van der Waals surface area contributed by atoms with E-state index in [0.29, 0.717) is 11.4 Å². The molecule has 1 saturated heterocycles. The standard InChI is InChI=1S/C21H22N6O/c1-16-5-4-6-17(15-16)21(28)23-18-8-9-20(25-24-18)27-13-11-26(12-14-27)19-7-2-3-10-22-19/h2-10,15H,11-14H2,1H3,(H,23,24,28). The number of rotatable bonds is 4. The van der Waals surface area contributed by atoms with E-state index >= 15 is 0 Å². The zero-order valence-electron chi connectivity index (χ0n) is 15.7. The summed E-state index contributed by atoms with van der Waals surface area (Å²) in [6.07, 6.45) is 1.82. The Labute approximate surface area is 164 Å². The van der Waals surface area contributed by atoms with Crippen molar-refractivity contribution >= 4 is 23.4 Å². The number of nitrogens with one attached hydrogen (secondary N) is 1. The molecule has 142 valence electrons. The fraction of sp³-hybridized carbons (Fsp3) is 0.238. The van der Waals surface area contributed by atoms with E-state index < -0.39 is 0 Å². The van der Waals surface area contributed by atoms with Gasteiger partial charge in [-0.1, -0.05) is 23.8 Å². The summed E-state index contributed by atoms with van der Waals surface area (Å²) in [5, 5.41) is 11.3. The lowest BCUT2D eigenvalue weighted by Crippen LogP contribution is -2.47. The van der Waals surface area contributed by atoms with Gasteiger partial charge in [0.05, 0.1) is 0 Å². The van der Waals surface area contributed by atoms with Crippen molar-refractivity contribution < 1.29 is 4.79 Å². The van der Waals surface area contributed by atoms with E-state index in [9.17, 15) is 4.79 Å². The van der Waals surface area contributed by atoms with Gasteiger partial charge in [0, 0.05) is 37.9 Å². The number of aromatic nitrogens is 3. The molecule has 28 heavy (non-hydrogen) atoms. The minimum atomic E-state index is -0.185. The van der Waals surface area contributed by atoms with E-state index in [2.05, 4.69) is 30.3 Å². The maximum absolute atomic E-state index is 12.3. The Kier molecular flexibility index (Phi) is 5.14. The summed E-state index contributed by atoms with van der Waals surface area (Å²) in [5.74, 6) is 2.08. The number of aryl methyl sites for hydroxylation is 1. The van der Waals surface area contributed by atoms with Crippen LogP contribution >= 0.6 is 0 Å². The molecule has 0 radical (unpaired) electrons. The maximum atomic E-state index is 12.3. The molecular formula is C21H22N6O. The highest BCUT2D eigenvalue weighted by Crippen LogP contribution is 2.18. The minimum absolute atomic E-state index is 0.185. The van der Waals surface area contributed by atoms with Gasteiger partial charge in [-0.05, 0) is 43.3 Å². The van der Waals surface area contributed by atoms with Crippen molar-refractivity contribution in [2.24, 2.45) is 0 Å². The molecule has 1 aliphatic heterocycles. The van der Waals surface area contributed by atoms with E-state index in [1.807, 2.05) is 55.6 Å². The molecular weight excluding hydrogens is 352 g/mol. The third kappa shape index (κ3) is 4.09. The minimum Gasteiger partial charge on any atom is -0.353 e. The number of benzene rings is 1. The van der Waals surface area contributed by atoms with Crippen LogP contribution < -0.4 is 15.1 Å². The molecule has 1 aliphatic rings. The second-order valence-corrected chi connectivity index (χ2v) is 6.76. The van der Waals surface area contributed by atoms with Crippen molar-refractivity contribution in [2.45, 2.75) is 6.92 Å². The Morgan fingerprint density at radius 1 is 0.893 bits per heavy atom. The molecule has 1 amide bonds. The van der Waals surface area contributed by atoms with Crippen LogP contribution in [-0.2, 0) is 0 Å². The zero-order valence-corrected chi connectivity index (χ0v) is 15.7. The normalized spacial score (nSPS) is 14.0. The van der Waals surface area contributed by atoms with Crippen LogP contribution in [0.1, 0.15) is 15.9 Å². The molecule has 1 aromatic carbocycles. The molecule has 0 unspecified atom stereocenters. The number of hydrogen-bond acceptors (Lipinski definition) is 6. The Balaban J connectivity index is 1.35. The summed E-state index contributed by atoms with van der Waals surface area (Å²) in [6, 6.07) is 17.1. The Hall–Kier alpha value is -3.48. The average Bonchev–Trinajstić information content (AvgIpc) is 2.75. The molecule has 1 fully saturated rings. The van der Waals surface area contributed by atoms with Crippen LogP contribution in [0.2, 0.25) is 0 Å². The molecule has 0 aliphatic carbocycles. The third-order valence-electron chi connectivity index (χ3n) is 4.75. The molecule has 7 heteroatoms. The van der Waals surface area contributed by atoms with Crippen molar-refractivity contribution in [1.82, 2.24) is 15.2 Å². The van der Waals surface area contributed by atoms with Gasteiger partial charge in [-0.25, -0.2) is 4.98 Å². The molecule has 3 heterocycles. The topological polar surface area (TPSA) is 74.2 Å². The molecule has 0 spiro atoms. The van der Waals surface area contributed by atoms with Gasteiger partial charge >= 0.3 is 0 Å². The summed E-state index contributed by atoms with van der Waals surface area (Å²) in [5.41, 5.74) is 1.65. The largest absolute Gasteiger partial charge is 0.353 e. The molecule has 0 saturated carbocycles. The van der Waals surface area contributed by atoms with Crippen molar-refractivity contribution in [3.05, 3.63) is 71.9 Å². The summed E-state index contributed by atoms with van der Waals surface area (Å²) in [4.78, 5) is 21.2. The number of piperazine rings is 1. The first-order valence-electron chi connectivity index (χ1n) is 9.32. The third-order valence-corrected chi connectivity index (χ3v) is 4.75. The van der Waals surface area contributed by atoms with Crippen LogP contribution in [0.15, 0.2) is 60.8 Å². The van der Waals surface area contributed by atoms with Gasteiger partial charge in [0.25, 0.3) is 5.91 Å². The van der Waals surface area contributed by atoms with Gasteiger partial charge < -0.3 is 15.1 Å². The van der Waals surface area contributed by atoms with Gasteiger partial charge in [-0.2, -0.15) is 0 Å². The summed E-state index contributed by atoms with van der Waals surface area (Å²) < 4.78 is 0. The molecule has 4 rings (SSSR count). The predicted octanol–water partition coefficient (Wildman–Crippen LogP) is 2.76. The van der Waals surface area contributed by atoms with Gasteiger partial charge in [-0.15, -0.1) is 10.2 Å². The maximum Gasteiger partial charge on any atom is 0.256 e. The lowest BCUT2D eigenvalue weighted by molar-refractivity contribution is 0.102. The number of hydrogen-bond donors (Lipinski definition) is 1. The molecule has 2 aromatic heterocycles. The number of nitrogens with zero attached hydrogens (tertiary/aromatic N) is 5. The Morgan fingerprint density at radius 2 is 1.68 bits per heavy atom. The van der Waals surface area contributed by atoms with E-state index in [-0.39, 0.29) is 5.91 Å². The summed E-state index contributed by atoms with van der Waals surface area (Å²) >= 11 is 0. The fourth-order valence-corrected chi connectivity index (χ4v) is 3.24. The summed E-state index contributed by atoms with van der Waals surface area (Å²) in [7, 11) is 0. The second kappa shape index (κ2) is 8.04. The second-order valence-electron chi connectivity index (χ2n) is 6.76. The number of carbonyl (C=O) groups excluding carboxylic acids is 1. The molecule has 0 bridgehead atoms. The van der Waals surface area contributed by atoms with E-state index in [1.165, 1.54) is 0 Å². The van der Waals surface area contributed by atoms with Crippen LogP contribution in [0.5, 0.6) is 0 Å². The fourth-order valence-electron chi connectivity index (χ4n) is 3.24. The summed E-state index contributed by atoms with van der Waals surface area (Å²) in [6.45, 7) is 5.41. The van der Waals surface area contributed by atoms with Gasteiger partial charge in [0.1, 0.15) is 5.82 Å². The number of carbonyl (C=O) groups is 1. The molecule has 1 N–H and O–H groups in total. The van der Waals surface area contributed by atoms with Crippen LogP contribution in [0.25, 0.3) is 0 Å². The Morgan fingerprint density at radius 3 is 2.32 bits per heavy atom. The lowest BCUT2D eigenvalue weighted by atomic mass is 10.1. The average molecular weight is 374 g/mol. The number of amides is 1. The van der Waals surface area contributed by atoms with E-state index in [1.54, 1.807) is 12.1 Å². The SMILES string of the molecule is Cc1cccc(C(=O)Nc2ccc(N3CCN(c4ccccn4)CC3)nn2)c1. The van der Waals surface area contributed by atoms with Crippen molar-refractivity contribution in [1.29, 1.82) is 0 Å². The van der Waals surface area contributed by atoms with Crippen molar-refractivity contribution in [3.8, 4) is 0 Å². The first-order chi connectivity index (χ1) is 13.7.